The average molecular weight is 459 g/mol. The van der Waals surface area contributed by atoms with E-state index in [-0.39, 0.29) is 5.91 Å². The zero-order valence-electron chi connectivity index (χ0n) is 20.8. The molecule has 1 atom stereocenters. The summed E-state index contributed by atoms with van der Waals surface area (Å²) in [6.45, 7) is 6.54. The van der Waals surface area contributed by atoms with Gasteiger partial charge in [0.1, 0.15) is 6.10 Å². The average Bonchev–Trinajstić information content (AvgIpc) is 2.77. The standard InChI is InChI=1S/C22H44N2O2.C3H6O3/c1-2-3-4-5-6-7-8-9-10-11-12-13-14-15-16-17-22(25)23-24-18-20-26-21-19-24;1-2(4)3(5)6/h2-21H2,1H3,(H,23,25);2,4H,1H3,(H,5,6). The molecule has 0 aromatic heterocycles. The highest BCUT2D eigenvalue weighted by atomic mass is 16.5. The number of hydrogen-bond acceptors (Lipinski definition) is 5. The van der Waals surface area contributed by atoms with Crippen LogP contribution in [0.15, 0.2) is 0 Å². The van der Waals surface area contributed by atoms with Crippen LogP contribution >= 0.6 is 0 Å². The highest BCUT2D eigenvalue weighted by molar-refractivity contribution is 5.75. The number of aliphatic hydroxyl groups excluding tert-OH is 1. The molecule has 1 fully saturated rings. The van der Waals surface area contributed by atoms with Gasteiger partial charge in [0.05, 0.1) is 13.2 Å². The first-order valence-electron chi connectivity index (χ1n) is 13.0. The van der Waals surface area contributed by atoms with Gasteiger partial charge in [-0.15, -0.1) is 0 Å². The molecule has 0 aromatic rings. The highest BCUT2D eigenvalue weighted by Crippen LogP contribution is 2.13. The van der Waals surface area contributed by atoms with Crippen molar-refractivity contribution in [1.82, 2.24) is 10.4 Å². The zero-order valence-corrected chi connectivity index (χ0v) is 20.8. The Morgan fingerprint density at radius 2 is 1.19 bits per heavy atom. The number of hydrogen-bond donors (Lipinski definition) is 3. The lowest BCUT2D eigenvalue weighted by molar-refractivity contribution is -0.145. The van der Waals surface area contributed by atoms with Crippen molar-refractivity contribution < 1.29 is 24.5 Å². The smallest absolute Gasteiger partial charge is 0.332 e. The van der Waals surface area contributed by atoms with Gasteiger partial charge in [-0.1, -0.05) is 96.8 Å². The van der Waals surface area contributed by atoms with Crippen molar-refractivity contribution in [3.05, 3.63) is 0 Å². The van der Waals surface area contributed by atoms with Crippen LogP contribution in [0.1, 0.15) is 117 Å². The number of carboxylic acid groups (broad SMARTS) is 1. The molecule has 7 heteroatoms. The Hall–Kier alpha value is -1.18. The van der Waals surface area contributed by atoms with E-state index in [2.05, 4.69) is 12.3 Å². The van der Waals surface area contributed by atoms with E-state index in [1.54, 1.807) is 0 Å². The van der Waals surface area contributed by atoms with Gasteiger partial charge >= 0.3 is 5.97 Å². The maximum Gasteiger partial charge on any atom is 0.332 e. The van der Waals surface area contributed by atoms with Gasteiger partial charge in [0.15, 0.2) is 0 Å². The van der Waals surface area contributed by atoms with Crippen LogP contribution in [0.2, 0.25) is 0 Å². The summed E-state index contributed by atoms with van der Waals surface area (Å²) >= 11 is 0. The molecule has 0 aliphatic carbocycles. The molecule has 1 rings (SSSR count). The van der Waals surface area contributed by atoms with Crippen molar-refractivity contribution in [3.8, 4) is 0 Å². The van der Waals surface area contributed by atoms with Crippen LogP contribution in [0.4, 0.5) is 0 Å². The molecule has 32 heavy (non-hydrogen) atoms. The van der Waals surface area contributed by atoms with Gasteiger partial charge in [0.2, 0.25) is 5.91 Å². The number of unbranched alkanes of at least 4 members (excludes halogenated alkanes) is 14. The predicted molar refractivity (Wildman–Crippen MR) is 129 cm³/mol. The van der Waals surface area contributed by atoms with Crippen LogP contribution in [0, 0.1) is 0 Å². The number of nitrogens with one attached hydrogen (secondary N) is 1. The third kappa shape index (κ3) is 22.0. The summed E-state index contributed by atoms with van der Waals surface area (Å²) < 4.78 is 5.28. The fourth-order valence-electron chi connectivity index (χ4n) is 3.56. The van der Waals surface area contributed by atoms with E-state index in [9.17, 15) is 9.59 Å². The van der Waals surface area contributed by atoms with E-state index in [1.807, 2.05) is 5.01 Å². The molecule has 190 valence electrons. The number of carbonyl (C=O) groups is 2. The molecule has 7 nitrogen and oxygen atoms in total. The van der Waals surface area contributed by atoms with Gasteiger partial charge in [-0.25, -0.2) is 9.80 Å². The third-order valence-corrected chi connectivity index (χ3v) is 5.66. The fourth-order valence-corrected chi connectivity index (χ4v) is 3.56. The second-order valence-corrected chi connectivity index (χ2v) is 8.85. The lowest BCUT2D eigenvalue weighted by Crippen LogP contribution is -2.48. The molecule has 1 unspecified atom stereocenters. The number of carbonyl (C=O) groups excluding carboxylic acids is 1. The molecule has 0 radical (unpaired) electrons. The van der Waals surface area contributed by atoms with Crippen molar-refractivity contribution >= 4 is 11.9 Å². The Labute approximate surface area is 196 Å². The predicted octanol–water partition coefficient (Wildman–Crippen LogP) is 5.06. The first-order valence-corrected chi connectivity index (χ1v) is 13.0. The Balaban J connectivity index is 0.00000140. The minimum absolute atomic E-state index is 0.168. The molecule has 0 bridgehead atoms. The van der Waals surface area contributed by atoms with Crippen molar-refractivity contribution in [2.45, 2.75) is 123 Å². The van der Waals surface area contributed by atoms with E-state index < -0.39 is 12.1 Å². The second-order valence-electron chi connectivity index (χ2n) is 8.85. The molecule has 1 saturated heterocycles. The Bertz CT molecular complexity index is 440. The number of aliphatic hydroxyl groups is 1. The number of rotatable bonds is 18. The number of nitrogens with zero attached hydrogens (tertiary/aromatic N) is 1. The molecule has 3 N–H and O–H groups in total. The van der Waals surface area contributed by atoms with Gasteiger partial charge in [-0.3, -0.25) is 10.2 Å². The number of aliphatic carboxylic acids is 1. The largest absolute Gasteiger partial charge is 0.479 e. The second kappa shape index (κ2) is 23.0. The van der Waals surface area contributed by atoms with Gasteiger partial charge in [0.25, 0.3) is 0 Å². The summed E-state index contributed by atoms with van der Waals surface area (Å²) in [7, 11) is 0. The summed E-state index contributed by atoms with van der Waals surface area (Å²) in [5.74, 6) is -1.02. The van der Waals surface area contributed by atoms with Crippen LogP contribution in [0.25, 0.3) is 0 Å². The van der Waals surface area contributed by atoms with E-state index in [4.69, 9.17) is 14.9 Å². The van der Waals surface area contributed by atoms with E-state index in [1.165, 1.54) is 96.8 Å². The topological polar surface area (TPSA) is 99.1 Å². The molecular formula is C25H50N2O5. The van der Waals surface area contributed by atoms with Gasteiger partial charge in [0, 0.05) is 19.5 Å². The molecular weight excluding hydrogens is 408 g/mol. The maximum atomic E-state index is 11.9. The van der Waals surface area contributed by atoms with E-state index in [0.29, 0.717) is 6.42 Å². The Morgan fingerprint density at radius 1 is 0.812 bits per heavy atom. The molecule has 1 aliphatic heterocycles. The number of hydrazine groups is 1. The van der Waals surface area contributed by atoms with Crippen LogP contribution < -0.4 is 5.43 Å². The molecule has 1 amide bonds. The number of morpholine rings is 1. The zero-order chi connectivity index (χ0) is 23.9. The first-order chi connectivity index (χ1) is 15.5. The number of amides is 1. The van der Waals surface area contributed by atoms with Crippen molar-refractivity contribution in [2.24, 2.45) is 0 Å². The van der Waals surface area contributed by atoms with Gasteiger partial charge < -0.3 is 14.9 Å². The van der Waals surface area contributed by atoms with Crippen molar-refractivity contribution in [2.75, 3.05) is 26.3 Å². The van der Waals surface area contributed by atoms with E-state index in [0.717, 1.165) is 32.7 Å². The van der Waals surface area contributed by atoms with Crippen molar-refractivity contribution in [3.63, 3.8) is 0 Å². The summed E-state index contributed by atoms with van der Waals surface area (Å²) in [4.78, 5) is 21.3. The lowest BCUT2D eigenvalue weighted by Gasteiger charge is -2.26. The van der Waals surface area contributed by atoms with Crippen LogP contribution in [0.5, 0.6) is 0 Å². The normalized spacial score (nSPS) is 15.0. The first kappa shape index (κ1) is 30.8. The summed E-state index contributed by atoms with van der Waals surface area (Å²) in [6, 6.07) is 0. The van der Waals surface area contributed by atoms with Crippen LogP contribution in [0.3, 0.4) is 0 Å². The third-order valence-electron chi connectivity index (χ3n) is 5.66. The van der Waals surface area contributed by atoms with Gasteiger partial charge in [-0.05, 0) is 13.3 Å². The summed E-state index contributed by atoms with van der Waals surface area (Å²) in [5, 5.41) is 17.8. The van der Waals surface area contributed by atoms with Crippen LogP contribution in [-0.4, -0.2) is 59.5 Å². The van der Waals surface area contributed by atoms with Gasteiger partial charge in [-0.2, -0.15) is 0 Å². The lowest BCUT2D eigenvalue weighted by atomic mass is 10.0. The minimum atomic E-state index is -1.23. The minimum Gasteiger partial charge on any atom is -0.479 e. The van der Waals surface area contributed by atoms with E-state index >= 15 is 0 Å². The van der Waals surface area contributed by atoms with Crippen LogP contribution in [-0.2, 0) is 14.3 Å². The molecule has 1 aliphatic rings. The molecule has 0 aromatic carbocycles. The Kier molecular flexibility index (Phi) is 22.1. The molecule has 0 spiro atoms. The monoisotopic (exact) mass is 458 g/mol. The quantitative estimate of drug-likeness (QED) is 0.248. The van der Waals surface area contributed by atoms with Crippen molar-refractivity contribution in [1.29, 1.82) is 0 Å². The highest BCUT2D eigenvalue weighted by Gasteiger charge is 2.12. The maximum absolute atomic E-state index is 11.9. The number of ether oxygens (including phenoxy) is 1. The summed E-state index contributed by atoms with van der Waals surface area (Å²) in [5.41, 5.74) is 2.98. The Morgan fingerprint density at radius 3 is 1.56 bits per heavy atom. The molecule has 0 saturated carbocycles. The SMILES string of the molecule is CC(O)C(=O)O.CCCCCCCCCCCCCCCCCC(=O)NN1CCOCC1. The summed E-state index contributed by atoms with van der Waals surface area (Å²) in [6.07, 6.45) is 19.8. The number of carboxylic acids is 1. The fraction of sp³-hybridized carbons (Fsp3) is 0.920. The molecule has 1 heterocycles.